The number of carbonyl (C=O) groups is 1. The standard InChI is InChI=1S/C14H24N2O2/c15-13-11-2-1-10(7-11)12(13)14(17)16-8-9-3-5-18-6-4-9/h9-13H,1-8,15H2,(H,16,17). The van der Waals surface area contributed by atoms with E-state index in [1.165, 1.54) is 19.3 Å². The van der Waals surface area contributed by atoms with Crippen LogP contribution in [0.2, 0.25) is 0 Å². The smallest absolute Gasteiger partial charge is 0.224 e. The summed E-state index contributed by atoms with van der Waals surface area (Å²) in [7, 11) is 0. The van der Waals surface area contributed by atoms with E-state index in [0.717, 1.165) is 32.6 Å². The number of carbonyl (C=O) groups excluding carboxylic acids is 1. The number of fused-ring (bicyclic) bond motifs is 2. The average molecular weight is 252 g/mol. The number of amides is 1. The first-order valence-electron chi connectivity index (χ1n) is 7.36. The van der Waals surface area contributed by atoms with Crippen LogP contribution in [0.3, 0.4) is 0 Å². The van der Waals surface area contributed by atoms with Crippen LogP contribution in [0.5, 0.6) is 0 Å². The summed E-state index contributed by atoms with van der Waals surface area (Å²) in [4.78, 5) is 12.3. The molecule has 2 aliphatic carbocycles. The van der Waals surface area contributed by atoms with Crippen LogP contribution in [0, 0.1) is 23.7 Å². The van der Waals surface area contributed by atoms with E-state index >= 15 is 0 Å². The molecule has 1 heterocycles. The van der Waals surface area contributed by atoms with Crippen molar-refractivity contribution in [3.8, 4) is 0 Å². The van der Waals surface area contributed by atoms with Crippen molar-refractivity contribution in [2.75, 3.05) is 19.8 Å². The van der Waals surface area contributed by atoms with Crippen LogP contribution >= 0.6 is 0 Å². The summed E-state index contributed by atoms with van der Waals surface area (Å²) in [6.07, 6.45) is 5.76. The summed E-state index contributed by atoms with van der Waals surface area (Å²) in [6.45, 7) is 2.49. The molecule has 1 amide bonds. The van der Waals surface area contributed by atoms with Gasteiger partial charge in [-0.2, -0.15) is 0 Å². The van der Waals surface area contributed by atoms with E-state index in [4.69, 9.17) is 10.5 Å². The molecule has 2 saturated carbocycles. The van der Waals surface area contributed by atoms with Crippen molar-refractivity contribution < 1.29 is 9.53 Å². The Labute approximate surface area is 109 Å². The van der Waals surface area contributed by atoms with Crippen molar-refractivity contribution in [2.45, 2.75) is 38.1 Å². The van der Waals surface area contributed by atoms with Crippen molar-refractivity contribution >= 4 is 5.91 Å². The van der Waals surface area contributed by atoms with Crippen molar-refractivity contribution in [2.24, 2.45) is 29.4 Å². The lowest BCUT2D eigenvalue weighted by Crippen LogP contribution is -2.46. The maximum absolute atomic E-state index is 12.3. The number of hydrogen-bond donors (Lipinski definition) is 2. The van der Waals surface area contributed by atoms with Crippen LogP contribution in [-0.2, 0) is 9.53 Å². The lowest BCUT2D eigenvalue weighted by Gasteiger charge is -2.28. The van der Waals surface area contributed by atoms with E-state index in [1.807, 2.05) is 0 Å². The molecule has 1 aliphatic heterocycles. The molecule has 4 unspecified atom stereocenters. The first kappa shape index (κ1) is 12.4. The highest BCUT2D eigenvalue weighted by atomic mass is 16.5. The monoisotopic (exact) mass is 252 g/mol. The first-order valence-corrected chi connectivity index (χ1v) is 7.36. The Morgan fingerprint density at radius 3 is 2.56 bits per heavy atom. The van der Waals surface area contributed by atoms with Gasteiger partial charge in [0.2, 0.25) is 5.91 Å². The third kappa shape index (κ3) is 2.28. The number of rotatable bonds is 3. The minimum Gasteiger partial charge on any atom is -0.381 e. The van der Waals surface area contributed by atoms with Gasteiger partial charge in [0.25, 0.3) is 0 Å². The maximum atomic E-state index is 12.3. The topological polar surface area (TPSA) is 64.4 Å². The second-order valence-corrected chi connectivity index (χ2v) is 6.24. The normalized spacial score (nSPS) is 40.1. The van der Waals surface area contributed by atoms with Gasteiger partial charge < -0.3 is 15.8 Å². The molecular formula is C14H24N2O2. The molecule has 102 valence electrons. The fraction of sp³-hybridized carbons (Fsp3) is 0.929. The largest absolute Gasteiger partial charge is 0.381 e. The molecule has 3 fully saturated rings. The van der Waals surface area contributed by atoms with E-state index in [9.17, 15) is 4.79 Å². The fourth-order valence-electron chi connectivity index (χ4n) is 4.04. The van der Waals surface area contributed by atoms with Gasteiger partial charge >= 0.3 is 0 Å². The Balaban J connectivity index is 1.49. The summed E-state index contributed by atoms with van der Waals surface area (Å²) >= 11 is 0. The van der Waals surface area contributed by atoms with Gasteiger partial charge in [0.05, 0.1) is 5.92 Å². The average Bonchev–Trinajstić information content (AvgIpc) is 2.98. The molecule has 4 atom stereocenters. The molecule has 2 bridgehead atoms. The molecule has 4 heteroatoms. The van der Waals surface area contributed by atoms with Crippen LogP contribution < -0.4 is 11.1 Å². The number of hydrogen-bond acceptors (Lipinski definition) is 3. The third-order valence-electron chi connectivity index (χ3n) is 5.19. The molecule has 0 aromatic rings. The van der Waals surface area contributed by atoms with Crippen LogP contribution in [0.15, 0.2) is 0 Å². The van der Waals surface area contributed by atoms with Crippen LogP contribution in [0.4, 0.5) is 0 Å². The molecule has 0 aromatic heterocycles. The molecule has 1 saturated heterocycles. The third-order valence-corrected chi connectivity index (χ3v) is 5.19. The highest BCUT2D eigenvalue weighted by Crippen LogP contribution is 2.47. The lowest BCUT2D eigenvalue weighted by atomic mass is 9.84. The van der Waals surface area contributed by atoms with Gasteiger partial charge in [0, 0.05) is 25.8 Å². The highest BCUT2D eigenvalue weighted by molar-refractivity contribution is 5.80. The zero-order valence-corrected chi connectivity index (χ0v) is 10.9. The quantitative estimate of drug-likeness (QED) is 0.784. The summed E-state index contributed by atoms with van der Waals surface area (Å²) in [5.41, 5.74) is 6.19. The molecule has 0 radical (unpaired) electrons. The summed E-state index contributed by atoms with van der Waals surface area (Å²) < 4.78 is 5.33. The van der Waals surface area contributed by atoms with E-state index in [0.29, 0.717) is 17.8 Å². The molecule has 4 nitrogen and oxygen atoms in total. The van der Waals surface area contributed by atoms with Gasteiger partial charge in [-0.25, -0.2) is 0 Å². The van der Waals surface area contributed by atoms with Gasteiger partial charge in [-0.3, -0.25) is 4.79 Å². The predicted molar refractivity (Wildman–Crippen MR) is 68.8 cm³/mol. The van der Waals surface area contributed by atoms with Crippen molar-refractivity contribution in [3.63, 3.8) is 0 Å². The minimum absolute atomic E-state index is 0.0867. The van der Waals surface area contributed by atoms with Crippen LogP contribution in [0.1, 0.15) is 32.1 Å². The highest BCUT2D eigenvalue weighted by Gasteiger charge is 2.48. The van der Waals surface area contributed by atoms with Crippen molar-refractivity contribution in [1.82, 2.24) is 5.32 Å². The Bertz CT molecular complexity index is 313. The van der Waals surface area contributed by atoms with Crippen LogP contribution in [0.25, 0.3) is 0 Å². The summed E-state index contributed by atoms with van der Waals surface area (Å²) in [5.74, 6) is 2.05. The van der Waals surface area contributed by atoms with E-state index in [1.54, 1.807) is 0 Å². The van der Waals surface area contributed by atoms with E-state index < -0.39 is 0 Å². The fourth-order valence-corrected chi connectivity index (χ4v) is 4.04. The van der Waals surface area contributed by atoms with E-state index in [-0.39, 0.29) is 17.9 Å². The zero-order chi connectivity index (χ0) is 12.5. The number of ether oxygens (including phenoxy) is 1. The second-order valence-electron chi connectivity index (χ2n) is 6.24. The van der Waals surface area contributed by atoms with E-state index in [2.05, 4.69) is 5.32 Å². The molecule has 18 heavy (non-hydrogen) atoms. The van der Waals surface area contributed by atoms with Crippen LogP contribution in [-0.4, -0.2) is 31.7 Å². The van der Waals surface area contributed by atoms with Gasteiger partial charge in [-0.1, -0.05) is 0 Å². The van der Waals surface area contributed by atoms with Gasteiger partial charge in [-0.15, -0.1) is 0 Å². The van der Waals surface area contributed by atoms with Crippen molar-refractivity contribution in [1.29, 1.82) is 0 Å². The molecular weight excluding hydrogens is 228 g/mol. The maximum Gasteiger partial charge on any atom is 0.224 e. The molecule has 3 rings (SSSR count). The Morgan fingerprint density at radius 2 is 1.89 bits per heavy atom. The Kier molecular flexibility index (Phi) is 3.57. The second kappa shape index (κ2) is 5.17. The minimum atomic E-state index is 0.0867. The summed E-state index contributed by atoms with van der Waals surface area (Å²) in [6, 6.07) is 0.110. The first-order chi connectivity index (χ1) is 8.75. The number of nitrogens with two attached hydrogens (primary N) is 1. The SMILES string of the molecule is NC1C2CCC(C2)C1C(=O)NCC1CCOCC1. The molecule has 3 N–H and O–H groups in total. The Morgan fingerprint density at radius 1 is 1.17 bits per heavy atom. The predicted octanol–water partition coefficient (Wildman–Crippen LogP) is 0.903. The molecule has 0 spiro atoms. The molecule has 3 aliphatic rings. The van der Waals surface area contributed by atoms with Gasteiger partial charge in [0.15, 0.2) is 0 Å². The zero-order valence-electron chi connectivity index (χ0n) is 10.9. The molecule has 0 aromatic carbocycles. The lowest BCUT2D eigenvalue weighted by molar-refractivity contribution is -0.127. The number of nitrogens with one attached hydrogen (secondary N) is 1. The summed E-state index contributed by atoms with van der Waals surface area (Å²) in [5, 5.41) is 3.14. The van der Waals surface area contributed by atoms with Gasteiger partial charge in [0.1, 0.15) is 0 Å². The Hall–Kier alpha value is -0.610. The van der Waals surface area contributed by atoms with Gasteiger partial charge in [-0.05, 0) is 49.9 Å². The van der Waals surface area contributed by atoms with Crippen molar-refractivity contribution in [3.05, 3.63) is 0 Å².